The third-order valence-electron chi connectivity index (χ3n) is 12.9. The van der Waals surface area contributed by atoms with Gasteiger partial charge in [-0.3, -0.25) is 19.2 Å². The van der Waals surface area contributed by atoms with E-state index < -0.39 is 12.1 Å². The summed E-state index contributed by atoms with van der Waals surface area (Å²) in [5.41, 5.74) is 5.60. The highest BCUT2D eigenvalue weighted by Gasteiger charge is 2.39. The summed E-state index contributed by atoms with van der Waals surface area (Å²) in [6.07, 6.45) is 10.6. The van der Waals surface area contributed by atoms with Crippen LogP contribution in [0.5, 0.6) is 0 Å². The predicted molar refractivity (Wildman–Crippen MR) is 274 cm³/mol. The Labute approximate surface area is 412 Å². The molecule has 5 heterocycles. The molecular weight excluding hydrogens is 901 g/mol. The van der Waals surface area contributed by atoms with Crippen molar-refractivity contribution in [3.63, 3.8) is 0 Å². The van der Waals surface area contributed by atoms with Crippen LogP contribution >= 0.6 is 22.7 Å². The zero-order valence-electron chi connectivity index (χ0n) is 39.5. The molecule has 12 nitrogen and oxygen atoms in total. The number of aromatic amines is 2. The minimum absolute atomic E-state index is 0.00169. The maximum Gasteiger partial charge on any atom is 0.250 e. The second kappa shape index (κ2) is 21.8. The van der Waals surface area contributed by atoms with Gasteiger partial charge in [-0.05, 0) is 91.5 Å². The highest BCUT2D eigenvalue weighted by atomic mass is 32.1. The lowest BCUT2D eigenvalue weighted by Gasteiger charge is -2.28. The third-order valence-corrected chi connectivity index (χ3v) is 15.3. The second-order valence-corrected chi connectivity index (χ2v) is 20.1. The molecule has 1 aliphatic heterocycles. The summed E-state index contributed by atoms with van der Waals surface area (Å²) in [5, 5.41) is 6.11. The van der Waals surface area contributed by atoms with Crippen molar-refractivity contribution in [1.29, 1.82) is 0 Å². The van der Waals surface area contributed by atoms with E-state index in [2.05, 4.69) is 76.1 Å². The van der Waals surface area contributed by atoms with Crippen LogP contribution < -0.4 is 10.6 Å². The number of hydrogen-bond donors (Lipinski definition) is 4. The molecule has 3 fully saturated rings. The van der Waals surface area contributed by atoms with Gasteiger partial charge < -0.3 is 30.4 Å². The number of amides is 4. The first-order valence-corrected chi connectivity index (χ1v) is 26.1. The molecule has 2 aliphatic carbocycles. The Balaban J connectivity index is 0.00000293. The number of nitrogens with one attached hydrogen (secondary N) is 4. The Hall–Kier alpha value is -6.64. The number of rotatable bonds is 18. The number of aromatic nitrogens is 4. The van der Waals surface area contributed by atoms with E-state index in [-0.39, 0.29) is 41.5 Å². The number of H-pyrrole nitrogens is 2. The molecule has 3 aromatic carbocycles. The second-order valence-electron chi connectivity index (χ2n) is 17.9. The standard InChI is InChI=1S/C53H54N8O4S2.C2H6/c1-2-3-28-60(52(64)47(35-11-6-4-7-12-35)58-50(62)37-20-21-37)32-46-54-30-39(56-46)44-26-24-42(66-44)33-16-18-34(19-17-33)43-25-27-45(67-43)40-31-55-49(57-40)41-15-10-29-61(41)53(65)48(36-13-8-5-9-14-36)59-51(63)38-22-23-38;1-2/h4-9,11-14,16-19,24-27,30-31,37-38,41,47-48H,2-3,10,15,20-23,28-29,32H2,1H3,(H,54,56)(H,55,57)(H,58,62)(H,59,63);1-2H3/t41-,47-,48-;/m0./s1. The smallest absolute Gasteiger partial charge is 0.250 e. The van der Waals surface area contributed by atoms with E-state index in [1.54, 1.807) is 22.7 Å². The van der Waals surface area contributed by atoms with Gasteiger partial charge in [0, 0.05) is 34.7 Å². The first-order valence-electron chi connectivity index (χ1n) is 24.5. The largest absolute Gasteiger partial charge is 0.340 e. The van der Waals surface area contributed by atoms with Crippen molar-refractivity contribution < 1.29 is 19.2 Å². The molecule has 356 valence electrons. The van der Waals surface area contributed by atoms with Gasteiger partial charge in [0.2, 0.25) is 23.6 Å². The normalized spacial score (nSPS) is 16.3. The maximum absolute atomic E-state index is 14.2. The highest BCUT2D eigenvalue weighted by molar-refractivity contribution is 7.19. The average molecular weight is 961 g/mol. The van der Waals surface area contributed by atoms with Gasteiger partial charge in [-0.1, -0.05) is 112 Å². The average Bonchev–Trinajstić information content (AvgIpc) is 3.98. The van der Waals surface area contributed by atoms with E-state index in [9.17, 15) is 19.2 Å². The highest BCUT2D eigenvalue weighted by Crippen LogP contribution is 2.40. The molecule has 3 atom stereocenters. The molecule has 3 aliphatic rings. The molecule has 14 heteroatoms. The SMILES string of the molecule is CC.CCCCN(Cc1ncc(-c2ccc(-c3ccc(-c4ccc(-c5cnc([C@@H]6CCCN6C(=O)[C@@H](NC(=O)C6CC6)c6ccccc6)[nH]5)s4)cc3)s2)[nH]1)C(=O)[C@@H](NC(=O)C1CC1)c1ccccc1. The fraction of sp³-hybridized carbons (Fsp3) is 0.345. The minimum Gasteiger partial charge on any atom is -0.340 e. The van der Waals surface area contributed by atoms with Gasteiger partial charge >= 0.3 is 0 Å². The molecule has 2 saturated carbocycles. The zero-order valence-corrected chi connectivity index (χ0v) is 41.1. The van der Waals surface area contributed by atoms with E-state index in [1.165, 1.54) is 0 Å². The third kappa shape index (κ3) is 11.1. The van der Waals surface area contributed by atoms with Gasteiger partial charge in [-0.15, -0.1) is 22.7 Å². The summed E-state index contributed by atoms with van der Waals surface area (Å²) in [6.45, 7) is 7.59. The Morgan fingerprint density at radius 3 is 1.75 bits per heavy atom. The Morgan fingerprint density at radius 2 is 1.19 bits per heavy atom. The summed E-state index contributed by atoms with van der Waals surface area (Å²) in [6, 6.07) is 34.5. The fourth-order valence-corrected chi connectivity index (χ4v) is 10.8. The van der Waals surface area contributed by atoms with E-state index >= 15 is 0 Å². The van der Waals surface area contributed by atoms with Crippen LogP contribution in [0.4, 0.5) is 0 Å². The van der Waals surface area contributed by atoms with Crippen LogP contribution in [0.2, 0.25) is 0 Å². The summed E-state index contributed by atoms with van der Waals surface area (Å²) < 4.78 is 0. The molecule has 4 amide bonds. The van der Waals surface area contributed by atoms with Crippen LogP contribution in [0.15, 0.2) is 122 Å². The van der Waals surface area contributed by atoms with Crippen molar-refractivity contribution in [2.75, 3.05) is 13.1 Å². The molecule has 0 radical (unpaired) electrons. The monoisotopic (exact) mass is 960 g/mol. The molecule has 0 bridgehead atoms. The summed E-state index contributed by atoms with van der Waals surface area (Å²) >= 11 is 3.37. The molecule has 0 unspecified atom stereocenters. The molecule has 69 heavy (non-hydrogen) atoms. The van der Waals surface area contributed by atoms with Crippen LogP contribution in [-0.4, -0.2) is 66.5 Å². The van der Waals surface area contributed by atoms with Gasteiger partial charge in [0.25, 0.3) is 0 Å². The van der Waals surface area contributed by atoms with Crippen molar-refractivity contribution in [1.82, 2.24) is 40.4 Å². The number of thiophene rings is 2. The van der Waals surface area contributed by atoms with Crippen LogP contribution in [0, 0.1) is 11.8 Å². The number of likely N-dealkylation sites (tertiary alicyclic amines) is 1. The predicted octanol–water partition coefficient (Wildman–Crippen LogP) is 11.3. The molecule has 1 saturated heterocycles. The topological polar surface area (TPSA) is 156 Å². The number of hydrogen-bond acceptors (Lipinski definition) is 8. The molecule has 0 spiro atoms. The molecule has 4 aromatic heterocycles. The lowest BCUT2D eigenvalue weighted by Crippen LogP contribution is -2.43. The molecule has 7 aromatic rings. The van der Waals surface area contributed by atoms with Gasteiger partial charge in [-0.2, -0.15) is 0 Å². The van der Waals surface area contributed by atoms with Gasteiger partial charge in [-0.25, -0.2) is 9.97 Å². The number of carbonyl (C=O) groups excluding carboxylic acids is 4. The van der Waals surface area contributed by atoms with Gasteiger partial charge in [0.05, 0.1) is 46.1 Å². The molecule has 10 rings (SSSR count). The van der Waals surface area contributed by atoms with Crippen molar-refractivity contribution in [3.05, 3.63) is 144 Å². The van der Waals surface area contributed by atoms with E-state index in [1.807, 2.05) is 96.7 Å². The summed E-state index contributed by atoms with van der Waals surface area (Å²) in [7, 11) is 0. The summed E-state index contributed by atoms with van der Waals surface area (Å²) in [5.74, 6) is 1.11. The fourth-order valence-electron chi connectivity index (χ4n) is 8.81. The van der Waals surface area contributed by atoms with E-state index in [4.69, 9.17) is 9.97 Å². The van der Waals surface area contributed by atoms with Crippen molar-refractivity contribution in [2.24, 2.45) is 11.8 Å². The number of benzene rings is 3. The van der Waals surface area contributed by atoms with Crippen molar-refractivity contribution in [3.8, 4) is 42.0 Å². The van der Waals surface area contributed by atoms with E-state index in [0.29, 0.717) is 25.5 Å². The lowest BCUT2D eigenvalue weighted by molar-refractivity contribution is -0.138. The van der Waals surface area contributed by atoms with Gasteiger partial charge in [0.15, 0.2) is 0 Å². The van der Waals surface area contributed by atoms with Crippen LogP contribution in [-0.2, 0) is 25.7 Å². The molecular formula is C55H60N8O4S2. The first-order chi connectivity index (χ1) is 33.8. The number of unbranched alkanes of at least 4 members (excludes halogenated alkanes) is 1. The van der Waals surface area contributed by atoms with Crippen LogP contribution in [0.3, 0.4) is 0 Å². The van der Waals surface area contributed by atoms with Gasteiger partial charge in [0.1, 0.15) is 23.7 Å². The quantitative estimate of drug-likeness (QED) is 0.0671. The van der Waals surface area contributed by atoms with E-state index in [0.717, 1.165) is 110 Å². The lowest BCUT2D eigenvalue weighted by atomic mass is 10.0. The zero-order chi connectivity index (χ0) is 47.9. The Morgan fingerprint density at radius 1 is 0.667 bits per heavy atom. The van der Waals surface area contributed by atoms with Crippen LogP contribution in [0.1, 0.15) is 113 Å². The van der Waals surface area contributed by atoms with Crippen LogP contribution in [0.25, 0.3) is 42.0 Å². The number of carbonyl (C=O) groups is 4. The van der Waals surface area contributed by atoms with Crippen molar-refractivity contribution in [2.45, 2.75) is 96.8 Å². The number of nitrogens with zero attached hydrogens (tertiary/aromatic N) is 4. The Kier molecular flexibility index (Phi) is 15.0. The van der Waals surface area contributed by atoms with Crippen molar-refractivity contribution >= 4 is 46.3 Å². The maximum atomic E-state index is 14.2. The number of imidazole rings is 2. The minimum atomic E-state index is -0.750. The Bertz CT molecular complexity index is 2840. The first kappa shape index (κ1) is 47.4. The molecule has 4 N–H and O–H groups in total. The summed E-state index contributed by atoms with van der Waals surface area (Å²) in [4.78, 5) is 78.7.